The molecule has 76 valence electrons. The monoisotopic (exact) mass is 190 g/mol. The van der Waals surface area contributed by atoms with Gasteiger partial charge in [0, 0.05) is 6.42 Å². The van der Waals surface area contributed by atoms with Crippen molar-refractivity contribution in [2.45, 2.75) is 45.4 Å². The molecule has 0 aromatic carbocycles. The van der Waals surface area contributed by atoms with E-state index in [1.54, 1.807) is 0 Å². The molecule has 2 aliphatic rings. The molecule has 0 bridgehead atoms. The summed E-state index contributed by atoms with van der Waals surface area (Å²) >= 11 is 0. The number of carbonyl (C=O) groups is 1. The molecule has 0 saturated heterocycles. The Morgan fingerprint density at radius 2 is 2.21 bits per heavy atom. The van der Waals surface area contributed by atoms with Crippen LogP contribution in [-0.4, -0.2) is 5.78 Å². The van der Waals surface area contributed by atoms with E-state index >= 15 is 0 Å². The van der Waals surface area contributed by atoms with E-state index in [0.717, 1.165) is 31.3 Å². The van der Waals surface area contributed by atoms with Crippen LogP contribution in [0.5, 0.6) is 0 Å². The van der Waals surface area contributed by atoms with E-state index in [1.165, 1.54) is 18.4 Å². The van der Waals surface area contributed by atoms with Crippen LogP contribution in [0.2, 0.25) is 0 Å². The zero-order chi connectivity index (χ0) is 9.97. The van der Waals surface area contributed by atoms with Gasteiger partial charge in [0.15, 0.2) is 5.78 Å². The maximum Gasteiger partial charge on any atom is 0.158 e. The van der Waals surface area contributed by atoms with Gasteiger partial charge in [0.2, 0.25) is 0 Å². The zero-order valence-corrected chi connectivity index (χ0v) is 8.88. The minimum atomic E-state index is 0.399. The third kappa shape index (κ3) is 2.14. The smallest absolute Gasteiger partial charge is 0.158 e. The molecular weight excluding hydrogens is 172 g/mol. The van der Waals surface area contributed by atoms with Crippen molar-refractivity contribution in [3.63, 3.8) is 0 Å². The molecule has 1 fully saturated rings. The predicted octanol–water partition coefficient (Wildman–Crippen LogP) is 3.41. The van der Waals surface area contributed by atoms with Gasteiger partial charge < -0.3 is 0 Å². The molecule has 1 unspecified atom stereocenters. The van der Waals surface area contributed by atoms with Crippen molar-refractivity contribution in [3.05, 3.63) is 23.3 Å². The van der Waals surface area contributed by atoms with Gasteiger partial charge in [0.05, 0.1) is 0 Å². The summed E-state index contributed by atoms with van der Waals surface area (Å²) in [5.74, 6) is 1.03. The van der Waals surface area contributed by atoms with Gasteiger partial charge in [0.25, 0.3) is 0 Å². The van der Waals surface area contributed by atoms with Gasteiger partial charge in [-0.3, -0.25) is 4.79 Å². The van der Waals surface area contributed by atoms with Crippen LogP contribution in [-0.2, 0) is 4.79 Å². The molecule has 0 spiro atoms. The maximum absolute atomic E-state index is 11.4. The van der Waals surface area contributed by atoms with Crippen molar-refractivity contribution in [1.82, 2.24) is 0 Å². The molecule has 1 nitrogen and oxygen atoms in total. The molecule has 0 aromatic heterocycles. The first kappa shape index (κ1) is 9.70. The molecular formula is C13H18O. The molecule has 2 rings (SSSR count). The van der Waals surface area contributed by atoms with Crippen LogP contribution in [0.1, 0.15) is 45.4 Å². The van der Waals surface area contributed by atoms with Gasteiger partial charge in [-0.05, 0) is 50.5 Å². The highest BCUT2D eigenvalue weighted by atomic mass is 16.1. The lowest BCUT2D eigenvalue weighted by Crippen LogP contribution is -2.04. The van der Waals surface area contributed by atoms with Crippen LogP contribution in [0.15, 0.2) is 23.3 Å². The van der Waals surface area contributed by atoms with Crippen molar-refractivity contribution in [2.75, 3.05) is 0 Å². The summed E-state index contributed by atoms with van der Waals surface area (Å²) in [4.78, 5) is 11.4. The highest BCUT2D eigenvalue weighted by molar-refractivity contribution is 5.97. The number of hydrogen-bond acceptors (Lipinski definition) is 1. The molecule has 0 aliphatic heterocycles. The zero-order valence-electron chi connectivity index (χ0n) is 8.88. The Morgan fingerprint density at radius 1 is 1.36 bits per heavy atom. The third-order valence-corrected chi connectivity index (χ3v) is 3.32. The van der Waals surface area contributed by atoms with Crippen molar-refractivity contribution in [3.8, 4) is 0 Å². The summed E-state index contributed by atoms with van der Waals surface area (Å²) in [7, 11) is 0. The minimum absolute atomic E-state index is 0.399. The standard InChI is InChI=1S/C13H18O/c1-10-5-7-11(8-6-10)9-12-3-2-4-13(12)14/h5,9,11H,2-4,6-8H2,1H3. The Hall–Kier alpha value is -0.850. The van der Waals surface area contributed by atoms with E-state index in [2.05, 4.69) is 19.1 Å². The Labute approximate surface area is 85.9 Å². The molecule has 0 N–H and O–H groups in total. The average Bonchev–Trinajstić information content (AvgIpc) is 2.56. The molecule has 0 amide bonds. The number of Topliss-reactive ketones (excluding diaryl/α,β-unsaturated/α-hetero) is 1. The topological polar surface area (TPSA) is 17.1 Å². The van der Waals surface area contributed by atoms with Crippen molar-refractivity contribution in [1.29, 1.82) is 0 Å². The highest BCUT2D eigenvalue weighted by Crippen LogP contribution is 2.28. The SMILES string of the molecule is CC1=CCC(C=C2CCCC2=O)CC1. The van der Waals surface area contributed by atoms with Crippen LogP contribution < -0.4 is 0 Å². The minimum Gasteiger partial charge on any atom is -0.295 e. The molecule has 2 aliphatic carbocycles. The van der Waals surface area contributed by atoms with E-state index in [9.17, 15) is 4.79 Å². The van der Waals surface area contributed by atoms with E-state index in [1.807, 2.05) is 0 Å². The van der Waals surface area contributed by atoms with Gasteiger partial charge in [-0.1, -0.05) is 17.7 Å². The summed E-state index contributed by atoms with van der Waals surface area (Å²) < 4.78 is 0. The van der Waals surface area contributed by atoms with Crippen LogP contribution in [0.3, 0.4) is 0 Å². The second-order valence-corrected chi connectivity index (χ2v) is 4.55. The number of carbonyl (C=O) groups excluding carboxylic acids is 1. The fraction of sp³-hybridized carbons (Fsp3) is 0.615. The number of allylic oxidation sites excluding steroid dienone is 4. The third-order valence-electron chi connectivity index (χ3n) is 3.32. The lowest BCUT2D eigenvalue weighted by Gasteiger charge is -2.17. The van der Waals surface area contributed by atoms with E-state index in [-0.39, 0.29) is 0 Å². The van der Waals surface area contributed by atoms with Gasteiger partial charge in [0.1, 0.15) is 0 Å². The maximum atomic E-state index is 11.4. The van der Waals surface area contributed by atoms with Crippen LogP contribution in [0.25, 0.3) is 0 Å². The van der Waals surface area contributed by atoms with Crippen molar-refractivity contribution >= 4 is 5.78 Å². The number of ketones is 1. The van der Waals surface area contributed by atoms with Crippen LogP contribution >= 0.6 is 0 Å². The van der Waals surface area contributed by atoms with Crippen molar-refractivity contribution in [2.24, 2.45) is 5.92 Å². The molecule has 0 heterocycles. The highest BCUT2D eigenvalue weighted by Gasteiger charge is 2.19. The first-order chi connectivity index (χ1) is 6.75. The second-order valence-electron chi connectivity index (χ2n) is 4.55. The number of rotatable bonds is 1. The quantitative estimate of drug-likeness (QED) is 0.457. The van der Waals surface area contributed by atoms with Gasteiger partial charge in [-0.2, -0.15) is 0 Å². The fourth-order valence-corrected chi connectivity index (χ4v) is 2.34. The van der Waals surface area contributed by atoms with E-state index in [0.29, 0.717) is 11.7 Å². The molecule has 0 aromatic rings. The van der Waals surface area contributed by atoms with Gasteiger partial charge >= 0.3 is 0 Å². The average molecular weight is 190 g/mol. The summed E-state index contributed by atoms with van der Waals surface area (Å²) in [6.07, 6.45) is 11.0. The molecule has 1 atom stereocenters. The first-order valence-corrected chi connectivity index (χ1v) is 5.65. The summed E-state index contributed by atoms with van der Waals surface area (Å²) in [5.41, 5.74) is 2.63. The Morgan fingerprint density at radius 3 is 2.79 bits per heavy atom. The lowest BCUT2D eigenvalue weighted by molar-refractivity contribution is -0.114. The molecule has 0 radical (unpaired) electrons. The van der Waals surface area contributed by atoms with Gasteiger partial charge in [-0.25, -0.2) is 0 Å². The van der Waals surface area contributed by atoms with Gasteiger partial charge in [-0.15, -0.1) is 0 Å². The largest absolute Gasteiger partial charge is 0.295 e. The Bertz CT molecular complexity index is 296. The Kier molecular flexibility index (Phi) is 2.85. The molecule has 1 heteroatoms. The van der Waals surface area contributed by atoms with Crippen molar-refractivity contribution < 1.29 is 4.79 Å². The Balaban J connectivity index is 2.00. The molecule has 14 heavy (non-hydrogen) atoms. The first-order valence-electron chi connectivity index (χ1n) is 5.65. The summed E-state index contributed by atoms with van der Waals surface area (Å²) in [6, 6.07) is 0. The summed E-state index contributed by atoms with van der Waals surface area (Å²) in [6.45, 7) is 2.20. The normalized spacial score (nSPS) is 30.9. The predicted molar refractivity (Wildman–Crippen MR) is 58.0 cm³/mol. The van der Waals surface area contributed by atoms with E-state index in [4.69, 9.17) is 0 Å². The van der Waals surface area contributed by atoms with Crippen LogP contribution in [0, 0.1) is 5.92 Å². The molecule has 1 saturated carbocycles. The second kappa shape index (κ2) is 4.12. The van der Waals surface area contributed by atoms with Crippen LogP contribution in [0.4, 0.5) is 0 Å². The fourth-order valence-electron chi connectivity index (χ4n) is 2.34. The van der Waals surface area contributed by atoms with E-state index < -0.39 is 0 Å². The number of hydrogen-bond donors (Lipinski definition) is 0. The summed E-state index contributed by atoms with van der Waals surface area (Å²) in [5, 5.41) is 0. The lowest BCUT2D eigenvalue weighted by atomic mass is 9.88.